The van der Waals surface area contributed by atoms with Crippen LogP contribution in [0.15, 0.2) is 0 Å². The molecule has 0 aromatic carbocycles. The molecule has 2 rings (SSSR count). The van der Waals surface area contributed by atoms with Gasteiger partial charge < -0.3 is 20.2 Å². The van der Waals surface area contributed by atoms with E-state index in [1.807, 2.05) is 37.7 Å². The van der Waals surface area contributed by atoms with Crippen LogP contribution in [0.25, 0.3) is 0 Å². The van der Waals surface area contributed by atoms with Crippen molar-refractivity contribution in [1.29, 1.82) is 0 Å². The first-order valence-electron chi connectivity index (χ1n) is 7.06. The van der Waals surface area contributed by atoms with Gasteiger partial charge in [-0.25, -0.2) is 0 Å². The maximum atomic E-state index is 10.2. The molecule has 7 heteroatoms. The van der Waals surface area contributed by atoms with Crippen molar-refractivity contribution in [2.24, 2.45) is 0 Å². The van der Waals surface area contributed by atoms with Crippen LogP contribution in [0.5, 0.6) is 0 Å². The lowest BCUT2D eigenvalue weighted by atomic mass is 9.95. The van der Waals surface area contributed by atoms with Crippen LogP contribution in [-0.4, -0.2) is 59.4 Å². The first kappa shape index (κ1) is 14.8. The standard InChI is InChI=1S/C13H24N6O/c1-5-14-10-15-11(18(3)4)17-12(16-10)19-8-6-7-13(2,20)9-19/h20H,5-9H2,1-4H3,(H,14,15,16,17). The first-order valence-corrected chi connectivity index (χ1v) is 7.06. The topological polar surface area (TPSA) is 77.4 Å². The van der Waals surface area contributed by atoms with E-state index >= 15 is 0 Å². The number of nitrogens with zero attached hydrogens (tertiary/aromatic N) is 5. The molecule has 1 aromatic heterocycles. The zero-order chi connectivity index (χ0) is 14.8. The summed E-state index contributed by atoms with van der Waals surface area (Å²) < 4.78 is 0. The second kappa shape index (κ2) is 5.78. The summed E-state index contributed by atoms with van der Waals surface area (Å²) in [4.78, 5) is 17.2. The van der Waals surface area contributed by atoms with Crippen LogP contribution < -0.4 is 15.1 Å². The highest BCUT2D eigenvalue weighted by atomic mass is 16.3. The van der Waals surface area contributed by atoms with E-state index in [0.717, 1.165) is 25.9 Å². The average Bonchev–Trinajstić information content (AvgIpc) is 2.37. The third kappa shape index (κ3) is 3.47. The molecule has 20 heavy (non-hydrogen) atoms. The van der Waals surface area contributed by atoms with Crippen LogP contribution in [0, 0.1) is 0 Å². The Labute approximate surface area is 120 Å². The van der Waals surface area contributed by atoms with Crippen molar-refractivity contribution in [3.05, 3.63) is 0 Å². The molecule has 0 amide bonds. The summed E-state index contributed by atoms with van der Waals surface area (Å²) in [5.41, 5.74) is -0.679. The molecule has 1 unspecified atom stereocenters. The van der Waals surface area contributed by atoms with Crippen molar-refractivity contribution in [3.63, 3.8) is 0 Å². The smallest absolute Gasteiger partial charge is 0.232 e. The van der Waals surface area contributed by atoms with Crippen LogP contribution in [0.3, 0.4) is 0 Å². The number of piperidine rings is 1. The molecule has 7 nitrogen and oxygen atoms in total. The number of rotatable bonds is 4. The zero-order valence-corrected chi connectivity index (χ0v) is 12.7. The maximum Gasteiger partial charge on any atom is 0.232 e. The summed E-state index contributed by atoms with van der Waals surface area (Å²) in [5, 5.41) is 13.3. The molecule has 1 atom stereocenters. The Hall–Kier alpha value is -1.63. The normalized spacial score (nSPS) is 22.8. The van der Waals surface area contributed by atoms with E-state index < -0.39 is 5.60 Å². The summed E-state index contributed by atoms with van der Waals surface area (Å²) in [6, 6.07) is 0. The second-order valence-electron chi connectivity index (χ2n) is 5.71. The molecule has 1 saturated heterocycles. The minimum atomic E-state index is -0.679. The fourth-order valence-corrected chi connectivity index (χ4v) is 2.32. The van der Waals surface area contributed by atoms with Crippen LogP contribution in [0.2, 0.25) is 0 Å². The molecule has 112 valence electrons. The lowest BCUT2D eigenvalue weighted by Crippen LogP contribution is -2.47. The lowest BCUT2D eigenvalue weighted by Gasteiger charge is -2.37. The van der Waals surface area contributed by atoms with E-state index in [0.29, 0.717) is 24.4 Å². The van der Waals surface area contributed by atoms with E-state index in [9.17, 15) is 5.11 Å². The van der Waals surface area contributed by atoms with E-state index in [2.05, 4.69) is 20.3 Å². The fourth-order valence-electron chi connectivity index (χ4n) is 2.32. The van der Waals surface area contributed by atoms with Crippen molar-refractivity contribution < 1.29 is 5.11 Å². The Morgan fingerprint density at radius 2 is 2.10 bits per heavy atom. The maximum absolute atomic E-state index is 10.2. The molecule has 1 aliphatic heterocycles. The molecule has 2 N–H and O–H groups in total. The number of nitrogens with one attached hydrogen (secondary N) is 1. The van der Waals surface area contributed by atoms with Crippen LogP contribution in [0.1, 0.15) is 26.7 Å². The van der Waals surface area contributed by atoms with Crippen molar-refractivity contribution in [3.8, 4) is 0 Å². The zero-order valence-electron chi connectivity index (χ0n) is 12.7. The SMILES string of the molecule is CCNc1nc(N(C)C)nc(N2CCCC(C)(O)C2)n1. The fraction of sp³-hybridized carbons (Fsp3) is 0.769. The summed E-state index contributed by atoms with van der Waals surface area (Å²) in [6.07, 6.45) is 1.75. The summed E-state index contributed by atoms with van der Waals surface area (Å²) >= 11 is 0. The predicted molar refractivity (Wildman–Crippen MR) is 80.4 cm³/mol. The molecular formula is C13H24N6O. The van der Waals surface area contributed by atoms with Crippen molar-refractivity contribution in [1.82, 2.24) is 15.0 Å². The van der Waals surface area contributed by atoms with E-state index in [4.69, 9.17) is 0 Å². The highest BCUT2D eigenvalue weighted by molar-refractivity contribution is 5.45. The van der Waals surface area contributed by atoms with E-state index in [-0.39, 0.29) is 0 Å². The summed E-state index contributed by atoms with van der Waals surface area (Å²) in [6.45, 7) is 6.03. The number of hydrogen-bond donors (Lipinski definition) is 2. The number of hydrogen-bond acceptors (Lipinski definition) is 7. The van der Waals surface area contributed by atoms with Gasteiger partial charge in [-0.05, 0) is 26.7 Å². The minimum Gasteiger partial charge on any atom is -0.388 e. The first-order chi connectivity index (χ1) is 9.41. The molecule has 0 spiro atoms. The average molecular weight is 280 g/mol. The minimum absolute atomic E-state index is 0.551. The van der Waals surface area contributed by atoms with Crippen LogP contribution in [-0.2, 0) is 0 Å². The van der Waals surface area contributed by atoms with Crippen molar-refractivity contribution in [2.75, 3.05) is 48.8 Å². The summed E-state index contributed by atoms with van der Waals surface area (Å²) in [7, 11) is 3.81. The number of β-amino-alcohol motifs (C(OH)–C–C–N with tert-alkyl or cyclic N) is 1. The third-order valence-electron chi connectivity index (χ3n) is 3.30. The van der Waals surface area contributed by atoms with Gasteiger partial charge in [-0.2, -0.15) is 15.0 Å². The van der Waals surface area contributed by atoms with Gasteiger partial charge in [0.1, 0.15) is 0 Å². The van der Waals surface area contributed by atoms with Gasteiger partial charge in [0, 0.05) is 33.7 Å². The molecule has 0 radical (unpaired) electrons. The van der Waals surface area contributed by atoms with Crippen LogP contribution in [0.4, 0.5) is 17.8 Å². The highest BCUT2D eigenvalue weighted by Gasteiger charge is 2.30. The van der Waals surface area contributed by atoms with Crippen molar-refractivity contribution >= 4 is 17.8 Å². The van der Waals surface area contributed by atoms with E-state index in [1.54, 1.807) is 0 Å². The predicted octanol–water partition coefficient (Wildman–Crippen LogP) is 0.721. The molecule has 0 saturated carbocycles. The molecular weight excluding hydrogens is 256 g/mol. The molecule has 1 fully saturated rings. The van der Waals surface area contributed by atoms with Gasteiger partial charge in [0.15, 0.2) is 0 Å². The second-order valence-corrected chi connectivity index (χ2v) is 5.71. The number of aliphatic hydroxyl groups is 1. The Bertz CT molecular complexity index is 462. The molecule has 1 aliphatic rings. The van der Waals surface area contributed by atoms with Crippen molar-refractivity contribution in [2.45, 2.75) is 32.3 Å². The quantitative estimate of drug-likeness (QED) is 0.841. The van der Waals surface area contributed by atoms with Gasteiger partial charge in [-0.1, -0.05) is 0 Å². The lowest BCUT2D eigenvalue weighted by molar-refractivity contribution is 0.0444. The monoisotopic (exact) mass is 280 g/mol. The molecule has 1 aromatic rings. The van der Waals surface area contributed by atoms with Crippen LogP contribution >= 0.6 is 0 Å². The highest BCUT2D eigenvalue weighted by Crippen LogP contribution is 2.24. The Balaban J connectivity index is 2.29. The molecule has 0 bridgehead atoms. The molecule has 0 aliphatic carbocycles. The van der Waals surface area contributed by atoms with Gasteiger partial charge >= 0.3 is 0 Å². The number of aromatic nitrogens is 3. The molecule has 2 heterocycles. The van der Waals surface area contributed by atoms with Gasteiger partial charge in [0.25, 0.3) is 0 Å². The largest absolute Gasteiger partial charge is 0.388 e. The van der Waals surface area contributed by atoms with Gasteiger partial charge in [-0.3, -0.25) is 0 Å². The summed E-state index contributed by atoms with van der Waals surface area (Å²) in [5.74, 6) is 1.82. The van der Waals surface area contributed by atoms with Gasteiger partial charge in [0.2, 0.25) is 17.8 Å². The van der Waals surface area contributed by atoms with Gasteiger partial charge in [0.05, 0.1) is 5.60 Å². The van der Waals surface area contributed by atoms with E-state index in [1.165, 1.54) is 0 Å². The Morgan fingerprint density at radius 1 is 1.35 bits per heavy atom. The Kier molecular flexibility index (Phi) is 4.27. The third-order valence-corrected chi connectivity index (χ3v) is 3.30. The van der Waals surface area contributed by atoms with Gasteiger partial charge in [-0.15, -0.1) is 0 Å². The number of anilines is 3. The Morgan fingerprint density at radius 3 is 2.70 bits per heavy atom.